The van der Waals surface area contributed by atoms with Gasteiger partial charge in [0.15, 0.2) is 0 Å². The molecule has 15 heavy (non-hydrogen) atoms. The summed E-state index contributed by atoms with van der Waals surface area (Å²) in [6.07, 6.45) is 1.48. The average Bonchev–Trinajstić information content (AvgIpc) is 2.20. The summed E-state index contributed by atoms with van der Waals surface area (Å²) >= 11 is 11.5. The first-order chi connectivity index (χ1) is 7.18. The SMILES string of the molecule is Oc1ccccc1-c1cnc(Cl)nc1Cl. The number of aromatic hydroxyl groups is 1. The molecule has 1 aromatic carbocycles. The smallest absolute Gasteiger partial charge is 0.223 e. The van der Waals surface area contributed by atoms with E-state index in [9.17, 15) is 5.11 Å². The molecule has 0 atom stereocenters. The molecule has 0 aliphatic rings. The van der Waals surface area contributed by atoms with Crippen LogP contribution in [0.25, 0.3) is 11.1 Å². The highest BCUT2D eigenvalue weighted by Crippen LogP contribution is 2.32. The van der Waals surface area contributed by atoms with Crippen LogP contribution in [0.2, 0.25) is 10.4 Å². The van der Waals surface area contributed by atoms with Gasteiger partial charge in [-0.3, -0.25) is 0 Å². The van der Waals surface area contributed by atoms with Crippen molar-refractivity contribution in [3.05, 3.63) is 40.9 Å². The van der Waals surface area contributed by atoms with E-state index in [4.69, 9.17) is 23.2 Å². The van der Waals surface area contributed by atoms with E-state index in [1.54, 1.807) is 24.3 Å². The van der Waals surface area contributed by atoms with Gasteiger partial charge in [0.25, 0.3) is 0 Å². The molecule has 2 rings (SSSR count). The van der Waals surface area contributed by atoms with Crippen LogP contribution in [0.15, 0.2) is 30.5 Å². The van der Waals surface area contributed by atoms with E-state index in [1.807, 2.05) is 0 Å². The Hall–Kier alpha value is -1.32. The quantitative estimate of drug-likeness (QED) is 0.616. The van der Waals surface area contributed by atoms with Crippen LogP contribution < -0.4 is 0 Å². The predicted octanol–water partition coefficient (Wildman–Crippen LogP) is 3.16. The van der Waals surface area contributed by atoms with Gasteiger partial charge < -0.3 is 5.11 Å². The Labute approximate surface area is 96.3 Å². The van der Waals surface area contributed by atoms with Gasteiger partial charge in [-0.15, -0.1) is 0 Å². The molecule has 0 fully saturated rings. The number of phenolic OH excluding ortho intramolecular Hbond substituents is 1. The van der Waals surface area contributed by atoms with Crippen molar-refractivity contribution in [3.8, 4) is 16.9 Å². The molecule has 1 N–H and O–H groups in total. The standard InChI is InChI=1S/C10H6Cl2N2O/c11-9-7(5-13-10(12)14-9)6-3-1-2-4-8(6)15/h1-5,15H. The van der Waals surface area contributed by atoms with Gasteiger partial charge in [0.05, 0.1) is 0 Å². The molecule has 3 nitrogen and oxygen atoms in total. The van der Waals surface area contributed by atoms with Crippen LogP contribution in [-0.2, 0) is 0 Å². The molecule has 0 amide bonds. The second-order valence-corrected chi connectivity index (χ2v) is 3.56. The van der Waals surface area contributed by atoms with Gasteiger partial charge in [0, 0.05) is 17.3 Å². The van der Waals surface area contributed by atoms with Crippen molar-refractivity contribution in [3.63, 3.8) is 0 Å². The fourth-order valence-electron chi connectivity index (χ4n) is 1.22. The lowest BCUT2D eigenvalue weighted by Gasteiger charge is -2.05. The summed E-state index contributed by atoms with van der Waals surface area (Å²) in [4.78, 5) is 7.62. The Bertz CT molecular complexity index is 503. The maximum atomic E-state index is 9.61. The van der Waals surface area contributed by atoms with Gasteiger partial charge in [-0.05, 0) is 17.7 Å². The van der Waals surface area contributed by atoms with Gasteiger partial charge in [0.2, 0.25) is 5.28 Å². The third-order valence-corrected chi connectivity index (χ3v) is 2.38. The minimum atomic E-state index is 0.0826. The van der Waals surface area contributed by atoms with Gasteiger partial charge in [-0.25, -0.2) is 9.97 Å². The van der Waals surface area contributed by atoms with Crippen molar-refractivity contribution in [1.82, 2.24) is 9.97 Å². The van der Waals surface area contributed by atoms with E-state index in [1.165, 1.54) is 6.20 Å². The molecule has 0 bridgehead atoms. The Kier molecular flexibility index (Phi) is 2.75. The van der Waals surface area contributed by atoms with E-state index in [0.717, 1.165) is 0 Å². The zero-order chi connectivity index (χ0) is 10.8. The molecular weight excluding hydrogens is 235 g/mol. The number of nitrogens with zero attached hydrogens (tertiary/aromatic N) is 2. The summed E-state index contributed by atoms with van der Waals surface area (Å²) in [6.45, 7) is 0. The maximum Gasteiger partial charge on any atom is 0.223 e. The van der Waals surface area contributed by atoms with Crippen LogP contribution in [0.3, 0.4) is 0 Å². The molecule has 1 aromatic heterocycles. The fourth-order valence-corrected chi connectivity index (χ4v) is 1.63. The van der Waals surface area contributed by atoms with E-state index in [0.29, 0.717) is 11.1 Å². The molecule has 2 aromatic rings. The van der Waals surface area contributed by atoms with Crippen molar-refractivity contribution in [2.24, 2.45) is 0 Å². The zero-order valence-corrected chi connectivity index (χ0v) is 9.00. The van der Waals surface area contributed by atoms with Crippen LogP contribution in [-0.4, -0.2) is 15.1 Å². The lowest BCUT2D eigenvalue weighted by Crippen LogP contribution is -1.87. The molecule has 0 saturated heterocycles. The van der Waals surface area contributed by atoms with Crippen LogP contribution in [0.5, 0.6) is 5.75 Å². The highest BCUT2D eigenvalue weighted by Gasteiger charge is 2.09. The van der Waals surface area contributed by atoms with Gasteiger partial charge in [-0.2, -0.15) is 0 Å². The number of benzene rings is 1. The largest absolute Gasteiger partial charge is 0.507 e. The molecule has 5 heteroatoms. The van der Waals surface area contributed by atoms with E-state index in [-0.39, 0.29) is 16.2 Å². The Morgan fingerprint density at radius 3 is 2.47 bits per heavy atom. The van der Waals surface area contributed by atoms with Crippen molar-refractivity contribution in [2.75, 3.05) is 0 Å². The van der Waals surface area contributed by atoms with Crippen LogP contribution in [0.1, 0.15) is 0 Å². The third kappa shape index (κ3) is 2.03. The molecule has 76 valence electrons. The minimum Gasteiger partial charge on any atom is -0.507 e. The Balaban J connectivity index is 2.60. The molecule has 0 saturated carbocycles. The summed E-state index contributed by atoms with van der Waals surface area (Å²) in [6, 6.07) is 6.82. The molecule has 0 spiro atoms. The van der Waals surface area contributed by atoms with Crippen molar-refractivity contribution >= 4 is 23.2 Å². The molecule has 0 radical (unpaired) electrons. The number of rotatable bonds is 1. The van der Waals surface area contributed by atoms with E-state index in [2.05, 4.69) is 9.97 Å². The number of para-hydroxylation sites is 1. The first-order valence-electron chi connectivity index (χ1n) is 4.15. The first kappa shape index (κ1) is 10.2. The predicted molar refractivity (Wildman–Crippen MR) is 59.2 cm³/mol. The van der Waals surface area contributed by atoms with Crippen LogP contribution in [0, 0.1) is 0 Å². The number of hydrogen-bond donors (Lipinski definition) is 1. The molecule has 0 aliphatic carbocycles. The van der Waals surface area contributed by atoms with Crippen molar-refractivity contribution in [2.45, 2.75) is 0 Å². The van der Waals surface area contributed by atoms with Gasteiger partial charge in [0.1, 0.15) is 10.9 Å². The molecule has 1 heterocycles. The molecular formula is C10H6Cl2N2O. The fraction of sp³-hybridized carbons (Fsp3) is 0. The summed E-state index contributed by atoms with van der Waals surface area (Å²) in [5.74, 6) is 0.130. The Morgan fingerprint density at radius 1 is 1.07 bits per heavy atom. The summed E-state index contributed by atoms with van der Waals surface area (Å²) in [7, 11) is 0. The molecule has 0 aliphatic heterocycles. The average molecular weight is 241 g/mol. The molecule has 0 unspecified atom stereocenters. The lowest BCUT2D eigenvalue weighted by atomic mass is 10.1. The second-order valence-electron chi connectivity index (χ2n) is 2.86. The first-order valence-corrected chi connectivity index (χ1v) is 4.90. The Morgan fingerprint density at radius 2 is 1.80 bits per heavy atom. The summed E-state index contributed by atoms with van der Waals surface area (Å²) in [5.41, 5.74) is 1.14. The minimum absolute atomic E-state index is 0.0826. The highest BCUT2D eigenvalue weighted by atomic mass is 35.5. The number of halogens is 2. The van der Waals surface area contributed by atoms with Crippen LogP contribution >= 0.6 is 23.2 Å². The van der Waals surface area contributed by atoms with Crippen molar-refractivity contribution < 1.29 is 5.11 Å². The van der Waals surface area contributed by atoms with E-state index < -0.39 is 0 Å². The van der Waals surface area contributed by atoms with Gasteiger partial charge in [-0.1, -0.05) is 29.8 Å². The summed E-state index contributed by atoms with van der Waals surface area (Å²) < 4.78 is 0. The topological polar surface area (TPSA) is 46.0 Å². The normalized spacial score (nSPS) is 10.3. The number of aromatic nitrogens is 2. The van der Waals surface area contributed by atoms with Crippen LogP contribution in [0.4, 0.5) is 0 Å². The monoisotopic (exact) mass is 240 g/mol. The third-order valence-electron chi connectivity index (χ3n) is 1.91. The van der Waals surface area contributed by atoms with Crippen molar-refractivity contribution in [1.29, 1.82) is 0 Å². The number of hydrogen-bond acceptors (Lipinski definition) is 3. The second kappa shape index (κ2) is 4.04. The van der Waals surface area contributed by atoms with E-state index >= 15 is 0 Å². The summed E-state index contributed by atoms with van der Waals surface area (Å²) in [5, 5.41) is 9.91. The number of phenols is 1. The lowest BCUT2D eigenvalue weighted by molar-refractivity contribution is 0.477. The highest BCUT2D eigenvalue weighted by molar-refractivity contribution is 6.33. The maximum absolute atomic E-state index is 9.61. The zero-order valence-electron chi connectivity index (χ0n) is 7.48. The van der Waals surface area contributed by atoms with Gasteiger partial charge >= 0.3 is 0 Å².